The van der Waals surface area contributed by atoms with E-state index in [9.17, 15) is 9.59 Å². The second kappa shape index (κ2) is 5.97. The number of hydrogen-bond donors (Lipinski definition) is 2. The number of aromatic nitrogens is 2. The Morgan fingerprint density at radius 1 is 1.32 bits per heavy atom. The summed E-state index contributed by atoms with van der Waals surface area (Å²) in [5.41, 5.74) is 0. The highest BCUT2D eigenvalue weighted by Gasteiger charge is 2.35. The van der Waals surface area contributed by atoms with E-state index in [0.29, 0.717) is 18.7 Å². The molecule has 7 heteroatoms. The molecule has 1 heterocycles. The molecule has 1 saturated carbocycles. The van der Waals surface area contributed by atoms with E-state index in [1.165, 1.54) is 12.3 Å². The summed E-state index contributed by atoms with van der Waals surface area (Å²) >= 11 is 5.63. The molecule has 0 saturated heterocycles. The second-order valence-electron chi connectivity index (χ2n) is 4.54. The summed E-state index contributed by atoms with van der Waals surface area (Å²) in [5.74, 6) is -2.08. The van der Waals surface area contributed by atoms with Crippen molar-refractivity contribution in [2.24, 2.45) is 11.8 Å². The van der Waals surface area contributed by atoms with Gasteiger partial charge in [0.05, 0.1) is 11.8 Å². The van der Waals surface area contributed by atoms with Crippen molar-refractivity contribution >= 4 is 29.3 Å². The fourth-order valence-electron chi connectivity index (χ4n) is 2.36. The third-order valence-corrected chi connectivity index (χ3v) is 3.48. The van der Waals surface area contributed by atoms with Crippen molar-refractivity contribution in [2.45, 2.75) is 25.7 Å². The third kappa shape index (κ3) is 3.41. The third-order valence-electron chi connectivity index (χ3n) is 3.30. The van der Waals surface area contributed by atoms with Crippen LogP contribution in [0, 0.1) is 11.8 Å². The van der Waals surface area contributed by atoms with E-state index in [-0.39, 0.29) is 11.2 Å². The van der Waals surface area contributed by atoms with Crippen LogP contribution in [-0.2, 0) is 9.59 Å². The minimum absolute atomic E-state index is 0.0382. The van der Waals surface area contributed by atoms with Crippen LogP contribution in [0.1, 0.15) is 25.7 Å². The highest BCUT2D eigenvalue weighted by molar-refractivity contribution is 6.28. The van der Waals surface area contributed by atoms with Gasteiger partial charge in [-0.15, -0.1) is 0 Å². The molecule has 0 aromatic carbocycles. The lowest BCUT2D eigenvalue weighted by Crippen LogP contribution is -2.36. The van der Waals surface area contributed by atoms with Crippen LogP contribution < -0.4 is 5.32 Å². The lowest BCUT2D eigenvalue weighted by Gasteiger charge is -2.27. The lowest BCUT2D eigenvalue weighted by molar-refractivity contribution is -0.147. The molecule has 1 amide bonds. The standard InChI is InChI=1S/C12H14ClN3O3/c13-12-14-6-5-9(16-12)15-10(17)7-3-1-2-4-8(7)11(18)19/h5-8H,1-4H2,(H,18,19)(H,14,15,16,17)/t7-,8+/m1/s1. The normalized spacial score (nSPS) is 22.8. The van der Waals surface area contributed by atoms with E-state index in [4.69, 9.17) is 16.7 Å². The Hall–Kier alpha value is -1.69. The predicted molar refractivity (Wildman–Crippen MR) is 68.8 cm³/mol. The number of carbonyl (C=O) groups excluding carboxylic acids is 1. The van der Waals surface area contributed by atoms with Crippen molar-refractivity contribution < 1.29 is 14.7 Å². The maximum Gasteiger partial charge on any atom is 0.307 e. The van der Waals surface area contributed by atoms with Crippen molar-refractivity contribution in [1.29, 1.82) is 0 Å². The van der Waals surface area contributed by atoms with Crippen LogP contribution >= 0.6 is 11.6 Å². The molecule has 102 valence electrons. The van der Waals surface area contributed by atoms with E-state index < -0.39 is 17.8 Å². The van der Waals surface area contributed by atoms with Gasteiger partial charge < -0.3 is 10.4 Å². The Bertz CT molecular complexity index is 495. The zero-order valence-electron chi connectivity index (χ0n) is 10.2. The number of nitrogens with one attached hydrogen (secondary N) is 1. The van der Waals surface area contributed by atoms with Crippen LogP contribution in [0.15, 0.2) is 12.3 Å². The van der Waals surface area contributed by atoms with Gasteiger partial charge in [-0.1, -0.05) is 12.8 Å². The number of carboxylic acids is 1. The van der Waals surface area contributed by atoms with Gasteiger partial charge in [0.1, 0.15) is 5.82 Å². The minimum atomic E-state index is -0.916. The topological polar surface area (TPSA) is 92.2 Å². The molecular weight excluding hydrogens is 270 g/mol. The Morgan fingerprint density at radius 3 is 2.63 bits per heavy atom. The number of carbonyl (C=O) groups is 2. The van der Waals surface area contributed by atoms with Crippen molar-refractivity contribution in [1.82, 2.24) is 9.97 Å². The summed E-state index contributed by atoms with van der Waals surface area (Å²) in [6.45, 7) is 0. The molecule has 2 rings (SSSR count). The number of amides is 1. The Kier molecular flexibility index (Phi) is 4.31. The molecule has 1 aromatic heterocycles. The molecule has 1 aromatic rings. The number of anilines is 1. The molecule has 1 aliphatic carbocycles. The van der Waals surface area contributed by atoms with E-state index in [1.807, 2.05) is 0 Å². The number of carboxylic acid groups (broad SMARTS) is 1. The molecule has 0 spiro atoms. The fourth-order valence-corrected chi connectivity index (χ4v) is 2.51. The Morgan fingerprint density at radius 2 is 2.00 bits per heavy atom. The van der Waals surface area contributed by atoms with Crippen LogP contribution in [0.3, 0.4) is 0 Å². The van der Waals surface area contributed by atoms with Crippen molar-refractivity contribution in [3.63, 3.8) is 0 Å². The molecule has 0 unspecified atom stereocenters. The van der Waals surface area contributed by atoms with E-state index in [1.54, 1.807) is 0 Å². The van der Waals surface area contributed by atoms with E-state index in [0.717, 1.165) is 12.8 Å². The fraction of sp³-hybridized carbons (Fsp3) is 0.500. The van der Waals surface area contributed by atoms with Gasteiger partial charge in [-0.2, -0.15) is 0 Å². The zero-order chi connectivity index (χ0) is 13.8. The van der Waals surface area contributed by atoms with Crippen molar-refractivity contribution in [3.8, 4) is 0 Å². The number of hydrogen-bond acceptors (Lipinski definition) is 4. The van der Waals surface area contributed by atoms with Gasteiger partial charge in [-0.25, -0.2) is 9.97 Å². The predicted octanol–water partition coefficient (Wildman–Crippen LogP) is 1.96. The Labute approximate surface area is 115 Å². The largest absolute Gasteiger partial charge is 0.481 e. The minimum Gasteiger partial charge on any atom is -0.481 e. The van der Waals surface area contributed by atoms with Gasteiger partial charge in [0.2, 0.25) is 11.2 Å². The molecule has 1 aliphatic rings. The summed E-state index contributed by atoms with van der Waals surface area (Å²) in [6.07, 6.45) is 4.27. The molecule has 0 bridgehead atoms. The first kappa shape index (κ1) is 13.7. The summed E-state index contributed by atoms with van der Waals surface area (Å²) in [6, 6.07) is 1.52. The first-order valence-corrected chi connectivity index (χ1v) is 6.48. The van der Waals surface area contributed by atoms with Crippen LogP contribution in [0.2, 0.25) is 5.28 Å². The maximum absolute atomic E-state index is 12.1. The average molecular weight is 284 g/mol. The van der Waals surface area contributed by atoms with Gasteiger partial charge in [-0.05, 0) is 30.5 Å². The zero-order valence-corrected chi connectivity index (χ0v) is 10.9. The van der Waals surface area contributed by atoms with E-state index in [2.05, 4.69) is 15.3 Å². The monoisotopic (exact) mass is 283 g/mol. The molecule has 19 heavy (non-hydrogen) atoms. The smallest absolute Gasteiger partial charge is 0.307 e. The number of aliphatic carboxylic acids is 1. The van der Waals surface area contributed by atoms with Gasteiger partial charge in [0, 0.05) is 6.20 Å². The van der Waals surface area contributed by atoms with Gasteiger partial charge in [0.25, 0.3) is 0 Å². The molecular formula is C12H14ClN3O3. The summed E-state index contributed by atoms with van der Waals surface area (Å²) in [5, 5.41) is 11.8. The SMILES string of the molecule is O=C(O)[C@H]1CCCC[C@H]1C(=O)Nc1ccnc(Cl)n1. The average Bonchev–Trinajstić information content (AvgIpc) is 2.38. The quantitative estimate of drug-likeness (QED) is 0.827. The van der Waals surface area contributed by atoms with Gasteiger partial charge >= 0.3 is 5.97 Å². The Balaban J connectivity index is 2.07. The van der Waals surface area contributed by atoms with Crippen molar-refractivity contribution in [2.75, 3.05) is 5.32 Å². The lowest BCUT2D eigenvalue weighted by atomic mass is 9.79. The number of nitrogens with zero attached hydrogens (tertiary/aromatic N) is 2. The molecule has 0 aliphatic heterocycles. The summed E-state index contributed by atoms with van der Waals surface area (Å²) in [7, 11) is 0. The first-order chi connectivity index (χ1) is 9.08. The van der Waals surface area contributed by atoms with Crippen LogP contribution in [0.5, 0.6) is 0 Å². The van der Waals surface area contributed by atoms with Crippen LogP contribution in [0.25, 0.3) is 0 Å². The van der Waals surface area contributed by atoms with E-state index >= 15 is 0 Å². The molecule has 2 N–H and O–H groups in total. The van der Waals surface area contributed by atoms with Gasteiger partial charge in [0.15, 0.2) is 0 Å². The molecule has 0 radical (unpaired) electrons. The highest BCUT2D eigenvalue weighted by Crippen LogP contribution is 2.31. The second-order valence-corrected chi connectivity index (χ2v) is 4.87. The molecule has 6 nitrogen and oxygen atoms in total. The van der Waals surface area contributed by atoms with Gasteiger partial charge in [-0.3, -0.25) is 9.59 Å². The van der Waals surface area contributed by atoms with Crippen LogP contribution in [-0.4, -0.2) is 27.0 Å². The summed E-state index contributed by atoms with van der Waals surface area (Å²) in [4.78, 5) is 30.8. The molecule has 1 fully saturated rings. The number of halogens is 1. The highest BCUT2D eigenvalue weighted by atomic mass is 35.5. The molecule has 2 atom stereocenters. The van der Waals surface area contributed by atoms with Crippen molar-refractivity contribution in [3.05, 3.63) is 17.5 Å². The first-order valence-electron chi connectivity index (χ1n) is 6.10. The van der Waals surface area contributed by atoms with Crippen LogP contribution in [0.4, 0.5) is 5.82 Å². The maximum atomic E-state index is 12.1. The summed E-state index contributed by atoms with van der Waals surface area (Å²) < 4.78 is 0. The number of rotatable bonds is 3.